The number of carbonyl (C=O) groups is 1. The lowest BCUT2D eigenvalue weighted by molar-refractivity contribution is -0.135. The van der Waals surface area contributed by atoms with Gasteiger partial charge in [-0.1, -0.05) is 13.0 Å². The number of carbonyl (C=O) groups excluding carboxylic acids is 1. The number of nitrogens with two attached hydrogens (primary N) is 1. The molecule has 1 aromatic rings. The maximum Gasteiger partial charge on any atom is 0.225 e. The molecule has 2 N–H and O–H groups in total. The second kappa shape index (κ2) is 7.01. The lowest BCUT2D eigenvalue weighted by Gasteiger charge is -2.23. The van der Waals surface area contributed by atoms with Crippen LogP contribution in [0.3, 0.4) is 0 Å². The minimum atomic E-state index is -0.0105. The van der Waals surface area contributed by atoms with Gasteiger partial charge in [-0.2, -0.15) is 0 Å². The zero-order chi connectivity index (χ0) is 12.7. The largest absolute Gasteiger partial charge is 0.337 e. The Morgan fingerprint density at radius 1 is 1.53 bits per heavy atom. The summed E-state index contributed by atoms with van der Waals surface area (Å²) in [5.74, 6) is 0.146. The molecule has 1 aromatic heterocycles. The molecule has 1 unspecified atom stereocenters. The number of amides is 1. The van der Waals surface area contributed by atoms with Gasteiger partial charge in [-0.05, 0) is 32.0 Å². The van der Waals surface area contributed by atoms with Gasteiger partial charge < -0.3 is 10.6 Å². The van der Waals surface area contributed by atoms with Gasteiger partial charge in [0, 0.05) is 18.7 Å². The van der Waals surface area contributed by atoms with E-state index in [4.69, 9.17) is 5.73 Å². The molecule has 0 spiro atoms. The highest BCUT2D eigenvalue weighted by Gasteiger charge is 2.18. The molecule has 0 bridgehead atoms. The van der Waals surface area contributed by atoms with Gasteiger partial charge >= 0.3 is 0 Å². The average Bonchev–Trinajstić information content (AvgIpc) is 2.36. The lowest BCUT2D eigenvalue weighted by Crippen LogP contribution is -2.35. The Kier molecular flexibility index (Phi) is 5.63. The van der Waals surface area contributed by atoms with E-state index < -0.39 is 0 Å². The van der Waals surface area contributed by atoms with Gasteiger partial charge in [0.25, 0.3) is 0 Å². The standard InChI is InChI=1S/C13H21N3O/c1-3-16(13(17)11(2)7-8-14)10-12-6-4-5-9-15-12/h4-6,9,11H,3,7-8,10,14H2,1-2H3. The Morgan fingerprint density at radius 2 is 2.29 bits per heavy atom. The molecule has 17 heavy (non-hydrogen) atoms. The molecule has 1 atom stereocenters. The minimum Gasteiger partial charge on any atom is -0.337 e. The Hall–Kier alpha value is -1.42. The van der Waals surface area contributed by atoms with Crippen molar-refractivity contribution in [2.45, 2.75) is 26.8 Å². The third-order valence-corrected chi connectivity index (χ3v) is 2.79. The molecular weight excluding hydrogens is 214 g/mol. The summed E-state index contributed by atoms with van der Waals surface area (Å²) in [7, 11) is 0. The van der Waals surface area contributed by atoms with Gasteiger partial charge in [0.1, 0.15) is 0 Å². The van der Waals surface area contributed by atoms with E-state index in [9.17, 15) is 4.79 Å². The summed E-state index contributed by atoms with van der Waals surface area (Å²) in [5, 5.41) is 0. The van der Waals surface area contributed by atoms with Crippen LogP contribution >= 0.6 is 0 Å². The first-order valence-electron chi connectivity index (χ1n) is 6.07. The average molecular weight is 235 g/mol. The van der Waals surface area contributed by atoms with E-state index in [-0.39, 0.29) is 11.8 Å². The van der Waals surface area contributed by atoms with E-state index in [0.29, 0.717) is 19.6 Å². The highest BCUT2D eigenvalue weighted by atomic mass is 16.2. The van der Waals surface area contributed by atoms with E-state index >= 15 is 0 Å². The quantitative estimate of drug-likeness (QED) is 0.811. The van der Waals surface area contributed by atoms with Crippen LogP contribution in [0.5, 0.6) is 0 Å². The van der Waals surface area contributed by atoms with Crippen LogP contribution in [0.15, 0.2) is 24.4 Å². The normalized spacial score (nSPS) is 12.2. The fourth-order valence-electron chi connectivity index (χ4n) is 1.72. The molecule has 0 saturated heterocycles. The molecule has 1 heterocycles. The molecule has 1 amide bonds. The number of hydrogen-bond donors (Lipinski definition) is 1. The fraction of sp³-hybridized carbons (Fsp3) is 0.538. The maximum atomic E-state index is 12.1. The van der Waals surface area contributed by atoms with E-state index in [1.807, 2.05) is 36.9 Å². The predicted octanol–water partition coefficient (Wildman–Crippen LogP) is 1.41. The van der Waals surface area contributed by atoms with Crippen LogP contribution in [0.25, 0.3) is 0 Å². The molecule has 0 fully saturated rings. The summed E-state index contributed by atoms with van der Waals surface area (Å²) < 4.78 is 0. The van der Waals surface area contributed by atoms with E-state index in [2.05, 4.69) is 4.98 Å². The molecule has 0 radical (unpaired) electrons. The molecule has 0 aliphatic rings. The summed E-state index contributed by atoms with van der Waals surface area (Å²) in [6.07, 6.45) is 2.48. The van der Waals surface area contributed by atoms with Gasteiger partial charge in [-0.3, -0.25) is 9.78 Å². The summed E-state index contributed by atoms with van der Waals surface area (Å²) in [5.41, 5.74) is 6.40. The fourth-order valence-corrected chi connectivity index (χ4v) is 1.72. The number of aromatic nitrogens is 1. The van der Waals surface area contributed by atoms with Crippen LogP contribution < -0.4 is 5.73 Å². The summed E-state index contributed by atoms with van der Waals surface area (Å²) in [6.45, 7) is 5.73. The minimum absolute atomic E-state index is 0.0105. The molecule has 4 heteroatoms. The van der Waals surface area contributed by atoms with Crippen LogP contribution in [-0.4, -0.2) is 28.9 Å². The highest BCUT2D eigenvalue weighted by Crippen LogP contribution is 2.09. The van der Waals surface area contributed by atoms with Crippen molar-refractivity contribution in [3.8, 4) is 0 Å². The summed E-state index contributed by atoms with van der Waals surface area (Å²) in [4.78, 5) is 18.2. The Morgan fingerprint density at radius 3 is 2.82 bits per heavy atom. The predicted molar refractivity (Wildman–Crippen MR) is 68.2 cm³/mol. The molecule has 0 aromatic carbocycles. The van der Waals surface area contributed by atoms with Gasteiger partial charge in [-0.15, -0.1) is 0 Å². The molecule has 4 nitrogen and oxygen atoms in total. The van der Waals surface area contributed by atoms with Crippen molar-refractivity contribution >= 4 is 5.91 Å². The molecule has 0 aliphatic heterocycles. The molecule has 1 rings (SSSR count). The van der Waals surface area contributed by atoms with Crippen molar-refractivity contribution in [3.05, 3.63) is 30.1 Å². The summed E-state index contributed by atoms with van der Waals surface area (Å²) in [6, 6.07) is 5.74. The van der Waals surface area contributed by atoms with Crippen molar-refractivity contribution in [2.24, 2.45) is 11.7 Å². The molecule has 0 saturated carbocycles. The third-order valence-electron chi connectivity index (χ3n) is 2.79. The number of hydrogen-bond acceptors (Lipinski definition) is 3. The Bertz CT molecular complexity index is 340. The van der Waals surface area contributed by atoms with E-state index in [1.165, 1.54) is 0 Å². The van der Waals surface area contributed by atoms with Crippen LogP contribution in [0.4, 0.5) is 0 Å². The highest BCUT2D eigenvalue weighted by molar-refractivity contribution is 5.78. The second-order valence-electron chi connectivity index (χ2n) is 4.15. The number of nitrogens with zero attached hydrogens (tertiary/aromatic N) is 2. The number of pyridine rings is 1. The van der Waals surface area contributed by atoms with E-state index in [1.54, 1.807) is 6.20 Å². The lowest BCUT2D eigenvalue weighted by atomic mass is 10.1. The van der Waals surface area contributed by atoms with Gasteiger partial charge in [0.15, 0.2) is 0 Å². The van der Waals surface area contributed by atoms with Gasteiger partial charge in [-0.25, -0.2) is 0 Å². The first-order valence-corrected chi connectivity index (χ1v) is 6.07. The zero-order valence-electron chi connectivity index (χ0n) is 10.6. The molecule has 94 valence electrons. The van der Waals surface area contributed by atoms with Crippen LogP contribution in [-0.2, 0) is 11.3 Å². The van der Waals surface area contributed by atoms with Gasteiger partial charge in [0.05, 0.1) is 12.2 Å². The van der Waals surface area contributed by atoms with Crippen LogP contribution in [0.1, 0.15) is 26.0 Å². The Labute approximate surface area is 103 Å². The second-order valence-corrected chi connectivity index (χ2v) is 4.15. The maximum absolute atomic E-state index is 12.1. The van der Waals surface area contributed by atoms with Crippen LogP contribution in [0, 0.1) is 5.92 Å². The SMILES string of the molecule is CCN(Cc1ccccn1)C(=O)C(C)CCN. The monoisotopic (exact) mass is 235 g/mol. The van der Waals surface area contributed by atoms with Crippen LogP contribution in [0.2, 0.25) is 0 Å². The molecule has 0 aliphatic carbocycles. The van der Waals surface area contributed by atoms with Crippen molar-refractivity contribution < 1.29 is 4.79 Å². The Balaban J connectivity index is 2.62. The molecular formula is C13H21N3O. The van der Waals surface area contributed by atoms with Gasteiger partial charge in [0.2, 0.25) is 5.91 Å². The van der Waals surface area contributed by atoms with E-state index in [0.717, 1.165) is 12.1 Å². The number of rotatable bonds is 6. The first-order chi connectivity index (χ1) is 8.19. The smallest absolute Gasteiger partial charge is 0.225 e. The topological polar surface area (TPSA) is 59.2 Å². The summed E-state index contributed by atoms with van der Waals surface area (Å²) >= 11 is 0. The van der Waals surface area contributed by atoms with Crippen molar-refractivity contribution in [1.82, 2.24) is 9.88 Å². The van der Waals surface area contributed by atoms with Crippen molar-refractivity contribution in [3.63, 3.8) is 0 Å². The van der Waals surface area contributed by atoms with Crippen molar-refractivity contribution in [2.75, 3.05) is 13.1 Å². The zero-order valence-corrected chi connectivity index (χ0v) is 10.6. The first kappa shape index (κ1) is 13.6. The third kappa shape index (κ3) is 4.15. The van der Waals surface area contributed by atoms with Crippen molar-refractivity contribution in [1.29, 1.82) is 0 Å².